The van der Waals surface area contributed by atoms with E-state index in [9.17, 15) is 8.42 Å². The van der Waals surface area contributed by atoms with Gasteiger partial charge >= 0.3 is 0 Å². The van der Waals surface area contributed by atoms with Gasteiger partial charge in [-0.3, -0.25) is 4.90 Å². The molecule has 2 aliphatic rings. The van der Waals surface area contributed by atoms with Crippen LogP contribution in [0.2, 0.25) is 5.02 Å². The number of sulfonamides is 1. The summed E-state index contributed by atoms with van der Waals surface area (Å²) in [5, 5.41) is 2.06. The van der Waals surface area contributed by atoms with E-state index in [-0.39, 0.29) is 0 Å². The molecule has 0 spiro atoms. The summed E-state index contributed by atoms with van der Waals surface area (Å²) in [6, 6.07) is 19.5. The lowest BCUT2D eigenvalue weighted by molar-refractivity contribution is 0.167. The number of benzene rings is 3. The smallest absolute Gasteiger partial charge is 0.243 e. The van der Waals surface area contributed by atoms with Crippen molar-refractivity contribution in [3.05, 3.63) is 76.8 Å². The lowest BCUT2D eigenvalue weighted by Crippen LogP contribution is -2.44. The zero-order valence-corrected chi connectivity index (χ0v) is 19.1. The Labute approximate surface area is 189 Å². The van der Waals surface area contributed by atoms with Crippen LogP contribution >= 0.6 is 11.6 Å². The van der Waals surface area contributed by atoms with Crippen LogP contribution in [0.1, 0.15) is 24.0 Å². The Morgan fingerprint density at radius 3 is 2.48 bits per heavy atom. The molecule has 1 atom stereocenters. The van der Waals surface area contributed by atoms with Gasteiger partial charge in [-0.1, -0.05) is 60.1 Å². The number of rotatable bonds is 4. The van der Waals surface area contributed by atoms with E-state index in [4.69, 9.17) is 11.6 Å². The van der Waals surface area contributed by atoms with Crippen molar-refractivity contribution in [3.63, 3.8) is 0 Å². The standard InChI is InChI=1S/C25H27ClN2O2S/c26-24-11-12-25(23-10-4-3-9-22(23)24)31(29,30)28-14-5-6-19(17-28)16-27-15-13-20-7-1-2-8-21(20)18-27/h1-4,7-12,19H,5-6,13-18H2. The summed E-state index contributed by atoms with van der Waals surface area (Å²) < 4.78 is 28.9. The minimum Gasteiger partial charge on any atom is -0.298 e. The fourth-order valence-corrected chi connectivity index (χ4v) is 7.05. The largest absolute Gasteiger partial charge is 0.298 e. The lowest BCUT2D eigenvalue weighted by Gasteiger charge is -2.36. The molecule has 0 bridgehead atoms. The molecule has 3 aromatic rings. The molecule has 0 N–H and O–H groups in total. The predicted octanol–water partition coefficient (Wildman–Crippen LogP) is 4.95. The zero-order chi connectivity index (χ0) is 21.4. The first kappa shape index (κ1) is 21.0. The number of hydrogen-bond donors (Lipinski definition) is 0. The van der Waals surface area contributed by atoms with Gasteiger partial charge in [-0.05, 0) is 48.4 Å². The van der Waals surface area contributed by atoms with E-state index in [2.05, 4.69) is 29.2 Å². The second-order valence-corrected chi connectivity index (χ2v) is 11.0. The molecule has 1 unspecified atom stereocenters. The van der Waals surface area contributed by atoms with Crippen LogP contribution in [0, 0.1) is 5.92 Å². The molecule has 1 fully saturated rings. The highest BCUT2D eigenvalue weighted by atomic mass is 35.5. The van der Waals surface area contributed by atoms with E-state index < -0.39 is 10.0 Å². The summed E-state index contributed by atoms with van der Waals surface area (Å²) >= 11 is 6.32. The first-order chi connectivity index (χ1) is 15.0. The molecule has 2 aliphatic heterocycles. The topological polar surface area (TPSA) is 40.6 Å². The van der Waals surface area contributed by atoms with E-state index in [0.29, 0.717) is 34.3 Å². The first-order valence-corrected chi connectivity index (χ1v) is 12.8. The molecule has 3 aromatic carbocycles. The monoisotopic (exact) mass is 454 g/mol. The summed E-state index contributed by atoms with van der Waals surface area (Å²) in [6.45, 7) is 4.11. The molecule has 1 saturated heterocycles. The third kappa shape index (κ3) is 4.12. The van der Waals surface area contributed by atoms with Crippen molar-refractivity contribution in [1.82, 2.24) is 9.21 Å². The van der Waals surface area contributed by atoms with Crippen molar-refractivity contribution in [3.8, 4) is 0 Å². The number of nitrogens with zero attached hydrogens (tertiary/aromatic N) is 2. The van der Waals surface area contributed by atoms with Crippen LogP contribution in [-0.2, 0) is 23.0 Å². The van der Waals surface area contributed by atoms with E-state index in [0.717, 1.165) is 44.3 Å². The highest BCUT2D eigenvalue weighted by Gasteiger charge is 2.32. The van der Waals surface area contributed by atoms with Gasteiger partial charge < -0.3 is 0 Å². The highest BCUT2D eigenvalue weighted by molar-refractivity contribution is 7.89. The molecular weight excluding hydrogens is 428 g/mol. The van der Waals surface area contributed by atoms with Gasteiger partial charge in [0.2, 0.25) is 10.0 Å². The predicted molar refractivity (Wildman–Crippen MR) is 126 cm³/mol. The highest BCUT2D eigenvalue weighted by Crippen LogP contribution is 2.33. The van der Waals surface area contributed by atoms with Crippen LogP contribution in [0.5, 0.6) is 0 Å². The van der Waals surface area contributed by atoms with Crippen molar-refractivity contribution in [2.75, 3.05) is 26.2 Å². The fourth-order valence-electron chi connectivity index (χ4n) is 5.07. The van der Waals surface area contributed by atoms with E-state index in [1.165, 1.54) is 11.1 Å². The van der Waals surface area contributed by atoms with E-state index in [1.807, 2.05) is 24.3 Å². The quantitative estimate of drug-likeness (QED) is 0.559. The van der Waals surface area contributed by atoms with Gasteiger partial charge in [0.15, 0.2) is 0 Å². The van der Waals surface area contributed by atoms with Gasteiger partial charge in [0, 0.05) is 48.5 Å². The maximum absolute atomic E-state index is 13.6. The second-order valence-electron chi connectivity index (χ2n) is 8.72. The summed E-state index contributed by atoms with van der Waals surface area (Å²) in [5.74, 6) is 0.354. The van der Waals surface area contributed by atoms with Gasteiger partial charge in [0.25, 0.3) is 0 Å². The summed E-state index contributed by atoms with van der Waals surface area (Å²) in [5.41, 5.74) is 2.85. The lowest BCUT2D eigenvalue weighted by atomic mass is 9.95. The number of halogens is 1. The molecular formula is C25H27ClN2O2S. The number of piperidine rings is 1. The Morgan fingerprint density at radius 2 is 1.65 bits per heavy atom. The SMILES string of the molecule is O=S(=O)(c1ccc(Cl)c2ccccc12)N1CCCC(CN2CCc3ccccc3C2)C1. The van der Waals surface area contributed by atoms with Crippen molar-refractivity contribution in [2.45, 2.75) is 30.7 Å². The van der Waals surface area contributed by atoms with Crippen LogP contribution in [0.4, 0.5) is 0 Å². The minimum atomic E-state index is -3.57. The van der Waals surface area contributed by atoms with Crippen LogP contribution in [0.25, 0.3) is 10.8 Å². The molecule has 162 valence electrons. The summed E-state index contributed by atoms with van der Waals surface area (Å²) in [7, 11) is -3.57. The summed E-state index contributed by atoms with van der Waals surface area (Å²) in [6.07, 6.45) is 3.05. The molecule has 0 aromatic heterocycles. The maximum atomic E-state index is 13.6. The van der Waals surface area contributed by atoms with E-state index >= 15 is 0 Å². The molecule has 2 heterocycles. The Hall–Kier alpha value is -1.92. The first-order valence-electron chi connectivity index (χ1n) is 11.0. The second kappa shape index (κ2) is 8.55. The van der Waals surface area contributed by atoms with Gasteiger partial charge in [-0.2, -0.15) is 4.31 Å². The van der Waals surface area contributed by atoms with Crippen molar-refractivity contribution in [1.29, 1.82) is 0 Å². The van der Waals surface area contributed by atoms with Gasteiger partial charge in [0.05, 0.1) is 4.90 Å². The van der Waals surface area contributed by atoms with Crippen LogP contribution in [-0.4, -0.2) is 43.8 Å². The average Bonchev–Trinajstić information content (AvgIpc) is 2.79. The molecule has 0 radical (unpaired) electrons. The molecule has 31 heavy (non-hydrogen) atoms. The minimum absolute atomic E-state index is 0.354. The Kier molecular flexibility index (Phi) is 5.78. The molecule has 0 aliphatic carbocycles. The Morgan fingerprint density at radius 1 is 0.903 bits per heavy atom. The number of hydrogen-bond acceptors (Lipinski definition) is 3. The molecule has 5 rings (SSSR count). The molecule has 6 heteroatoms. The van der Waals surface area contributed by atoms with Gasteiger partial charge in [-0.15, -0.1) is 0 Å². The van der Waals surface area contributed by atoms with Crippen molar-refractivity contribution >= 4 is 32.4 Å². The molecule has 0 saturated carbocycles. The van der Waals surface area contributed by atoms with Crippen LogP contribution < -0.4 is 0 Å². The Bertz CT molecular complexity index is 1210. The number of fused-ring (bicyclic) bond motifs is 2. The third-order valence-corrected chi connectivity index (χ3v) is 8.91. The molecule has 4 nitrogen and oxygen atoms in total. The van der Waals surface area contributed by atoms with Crippen LogP contribution in [0.15, 0.2) is 65.6 Å². The maximum Gasteiger partial charge on any atom is 0.243 e. The molecule has 0 amide bonds. The van der Waals surface area contributed by atoms with E-state index in [1.54, 1.807) is 16.4 Å². The van der Waals surface area contributed by atoms with Crippen LogP contribution in [0.3, 0.4) is 0 Å². The van der Waals surface area contributed by atoms with Crippen molar-refractivity contribution < 1.29 is 8.42 Å². The van der Waals surface area contributed by atoms with Gasteiger partial charge in [-0.25, -0.2) is 8.42 Å². The normalized spacial score (nSPS) is 20.6. The zero-order valence-electron chi connectivity index (χ0n) is 17.5. The van der Waals surface area contributed by atoms with Crippen molar-refractivity contribution in [2.24, 2.45) is 5.92 Å². The average molecular weight is 455 g/mol. The fraction of sp³-hybridized carbons (Fsp3) is 0.360. The van der Waals surface area contributed by atoms with Gasteiger partial charge in [0.1, 0.15) is 0 Å². The Balaban J connectivity index is 1.34. The third-order valence-electron chi connectivity index (χ3n) is 6.66. The summed E-state index contributed by atoms with van der Waals surface area (Å²) in [4.78, 5) is 2.85.